The first kappa shape index (κ1) is 20.6. The molecule has 2 amide bonds. The summed E-state index contributed by atoms with van der Waals surface area (Å²) in [5.74, 6) is -0.320. The predicted molar refractivity (Wildman–Crippen MR) is 118 cm³/mol. The number of aryl methyl sites for hydroxylation is 1. The molecule has 12 heteroatoms. The molecule has 0 unspecified atom stereocenters. The van der Waals surface area contributed by atoms with E-state index >= 15 is 0 Å². The first-order chi connectivity index (χ1) is 15.1. The number of thiazole rings is 1. The minimum absolute atomic E-state index is 0.166. The molecule has 0 aliphatic rings. The summed E-state index contributed by atoms with van der Waals surface area (Å²) in [5, 5.41) is 19.5. The van der Waals surface area contributed by atoms with Gasteiger partial charge in [-0.25, -0.2) is 9.67 Å². The van der Waals surface area contributed by atoms with Gasteiger partial charge in [0, 0.05) is 29.9 Å². The van der Waals surface area contributed by atoms with E-state index < -0.39 is 0 Å². The van der Waals surface area contributed by atoms with Crippen LogP contribution in [0.25, 0.3) is 11.4 Å². The highest BCUT2D eigenvalue weighted by Crippen LogP contribution is 2.23. The molecule has 1 aromatic carbocycles. The highest BCUT2D eigenvalue weighted by Gasteiger charge is 2.12. The smallest absolute Gasteiger partial charge is 0.257 e. The zero-order valence-corrected chi connectivity index (χ0v) is 17.9. The van der Waals surface area contributed by atoms with Crippen molar-refractivity contribution in [1.82, 2.24) is 30.2 Å². The van der Waals surface area contributed by atoms with Crippen molar-refractivity contribution >= 4 is 45.7 Å². The number of amides is 2. The Labute approximate surface area is 185 Å². The van der Waals surface area contributed by atoms with Gasteiger partial charge in [0.25, 0.3) is 5.91 Å². The number of anilines is 2. The molecule has 0 bridgehead atoms. The van der Waals surface area contributed by atoms with E-state index in [9.17, 15) is 9.59 Å². The Bertz CT molecular complexity index is 1190. The minimum atomic E-state index is -0.287. The van der Waals surface area contributed by atoms with Crippen LogP contribution in [0, 0.1) is 0 Å². The quantitative estimate of drug-likeness (QED) is 0.410. The van der Waals surface area contributed by atoms with Crippen LogP contribution in [0.4, 0.5) is 10.8 Å². The molecule has 2 N–H and O–H groups in total. The Kier molecular flexibility index (Phi) is 6.29. The maximum atomic E-state index is 12.5. The fraction of sp³-hybridized carbons (Fsp3) is 0.105. The molecule has 0 saturated heterocycles. The Morgan fingerprint density at radius 3 is 2.65 bits per heavy atom. The summed E-state index contributed by atoms with van der Waals surface area (Å²) in [7, 11) is 1.70. The van der Waals surface area contributed by atoms with Crippen LogP contribution < -0.4 is 10.6 Å². The summed E-state index contributed by atoms with van der Waals surface area (Å²) in [6.07, 6.45) is 1.69. The van der Waals surface area contributed by atoms with E-state index in [2.05, 4.69) is 36.1 Å². The molecule has 3 heterocycles. The van der Waals surface area contributed by atoms with E-state index in [1.807, 2.05) is 23.6 Å². The summed E-state index contributed by atoms with van der Waals surface area (Å²) in [4.78, 5) is 33.2. The maximum absolute atomic E-state index is 12.5. The number of nitrogens with zero attached hydrogens (tertiary/aromatic N) is 6. The molecule has 0 radical (unpaired) electrons. The largest absolute Gasteiger partial charge is 0.325 e. The second-order valence-electron chi connectivity index (χ2n) is 6.21. The number of rotatable bonds is 7. The lowest BCUT2D eigenvalue weighted by Gasteiger charge is -2.06. The molecule has 156 valence electrons. The van der Waals surface area contributed by atoms with Crippen molar-refractivity contribution in [2.24, 2.45) is 7.05 Å². The minimum Gasteiger partial charge on any atom is -0.325 e. The summed E-state index contributed by atoms with van der Waals surface area (Å²) >= 11 is 2.56. The number of nitrogens with one attached hydrogen (secondary N) is 2. The molecule has 31 heavy (non-hydrogen) atoms. The zero-order chi connectivity index (χ0) is 21.6. The number of aromatic nitrogens is 6. The van der Waals surface area contributed by atoms with E-state index in [0.717, 1.165) is 5.69 Å². The van der Waals surface area contributed by atoms with Gasteiger partial charge in [-0.15, -0.1) is 16.4 Å². The number of hydrogen-bond donors (Lipinski definition) is 2. The third-order valence-corrected chi connectivity index (χ3v) is 5.76. The van der Waals surface area contributed by atoms with Crippen LogP contribution in [0.1, 0.15) is 10.4 Å². The van der Waals surface area contributed by atoms with Gasteiger partial charge in [-0.1, -0.05) is 17.8 Å². The number of carbonyl (C=O) groups is 2. The van der Waals surface area contributed by atoms with Gasteiger partial charge in [-0.2, -0.15) is 0 Å². The molecule has 10 nitrogen and oxygen atoms in total. The molecule has 0 atom stereocenters. The lowest BCUT2D eigenvalue weighted by molar-refractivity contribution is -0.113. The van der Waals surface area contributed by atoms with Crippen molar-refractivity contribution in [3.63, 3.8) is 0 Å². The van der Waals surface area contributed by atoms with Crippen molar-refractivity contribution in [3.05, 3.63) is 59.6 Å². The lowest BCUT2D eigenvalue weighted by Crippen LogP contribution is -2.15. The number of pyridine rings is 1. The molecule has 4 rings (SSSR count). The Morgan fingerprint density at radius 2 is 1.94 bits per heavy atom. The van der Waals surface area contributed by atoms with Crippen molar-refractivity contribution in [2.75, 3.05) is 16.4 Å². The number of hydrogen-bond acceptors (Lipinski definition) is 9. The molecule has 0 aliphatic carbocycles. The van der Waals surface area contributed by atoms with Crippen LogP contribution in [-0.4, -0.2) is 47.7 Å². The summed E-state index contributed by atoms with van der Waals surface area (Å²) in [6, 6.07) is 12.2. The summed E-state index contributed by atoms with van der Waals surface area (Å²) in [5.41, 5.74) is 2.49. The Morgan fingerprint density at radius 1 is 1.10 bits per heavy atom. The summed E-state index contributed by atoms with van der Waals surface area (Å²) < 4.78 is 1.49. The fourth-order valence-electron chi connectivity index (χ4n) is 2.51. The van der Waals surface area contributed by atoms with Crippen molar-refractivity contribution in [1.29, 1.82) is 0 Å². The molecule has 0 aliphatic heterocycles. The van der Waals surface area contributed by atoms with Gasteiger partial charge in [-0.3, -0.25) is 19.9 Å². The van der Waals surface area contributed by atoms with Crippen LogP contribution in [-0.2, 0) is 11.8 Å². The third-order valence-electron chi connectivity index (χ3n) is 4.00. The van der Waals surface area contributed by atoms with Crippen molar-refractivity contribution in [3.8, 4) is 11.4 Å². The number of benzene rings is 1. The lowest BCUT2D eigenvalue weighted by atomic mass is 10.2. The maximum Gasteiger partial charge on any atom is 0.257 e. The van der Waals surface area contributed by atoms with Gasteiger partial charge in [-0.05, 0) is 46.8 Å². The van der Waals surface area contributed by atoms with Gasteiger partial charge in [0.1, 0.15) is 5.69 Å². The highest BCUT2D eigenvalue weighted by molar-refractivity contribution is 7.99. The first-order valence-electron chi connectivity index (χ1n) is 9.02. The highest BCUT2D eigenvalue weighted by atomic mass is 32.2. The second kappa shape index (κ2) is 9.45. The molecule has 0 spiro atoms. The van der Waals surface area contributed by atoms with Crippen LogP contribution in [0.5, 0.6) is 0 Å². The van der Waals surface area contributed by atoms with Crippen LogP contribution >= 0.6 is 23.1 Å². The fourth-order valence-corrected chi connectivity index (χ4v) is 3.86. The molecular formula is C19H16N8O2S2. The predicted octanol–water partition coefficient (Wildman–Crippen LogP) is 2.71. The normalized spacial score (nSPS) is 10.6. The average Bonchev–Trinajstić information content (AvgIpc) is 3.42. The van der Waals surface area contributed by atoms with Gasteiger partial charge < -0.3 is 5.32 Å². The van der Waals surface area contributed by atoms with Crippen LogP contribution in [0.2, 0.25) is 0 Å². The summed E-state index contributed by atoms with van der Waals surface area (Å²) in [6.45, 7) is 0. The van der Waals surface area contributed by atoms with Gasteiger partial charge in [0.05, 0.1) is 11.4 Å². The van der Waals surface area contributed by atoms with E-state index in [1.54, 1.807) is 37.5 Å². The number of carbonyl (C=O) groups excluding carboxylic acids is 2. The monoisotopic (exact) mass is 452 g/mol. The first-order valence-corrected chi connectivity index (χ1v) is 10.9. The molecule has 3 aromatic heterocycles. The Balaban J connectivity index is 1.31. The van der Waals surface area contributed by atoms with Crippen LogP contribution in [0.3, 0.4) is 0 Å². The van der Waals surface area contributed by atoms with Gasteiger partial charge >= 0.3 is 0 Å². The molecule has 0 fully saturated rings. The van der Waals surface area contributed by atoms with E-state index in [4.69, 9.17) is 0 Å². The zero-order valence-electron chi connectivity index (χ0n) is 16.2. The molecular weight excluding hydrogens is 436 g/mol. The van der Waals surface area contributed by atoms with E-state index in [1.165, 1.54) is 27.8 Å². The van der Waals surface area contributed by atoms with Crippen molar-refractivity contribution < 1.29 is 9.59 Å². The standard InChI is InChI=1S/C19H16N8O2S2/c1-27-19(24-25-26-27)31-11-16(28)21-13-7-5-12(6-8-13)17(29)23-18-22-15(10-30-18)14-4-2-3-9-20-14/h2-10H,11H2,1H3,(H,21,28)(H,22,23,29). The van der Waals surface area contributed by atoms with Crippen LogP contribution in [0.15, 0.2) is 59.2 Å². The van der Waals surface area contributed by atoms with E-state index in [-0.39, 0.29) is 17.6 Å². The second-order valence-corrected chi connectivity index (χ2v) is 8.01. The average molecular weight is 453 g/mol. The Hall–Kier alpha value is -3.64. The number of tetrazole rings is 1. The third kappa shape index (κ3) is 5.29. The molecule has 0 saturated carbocycles. The van der Waals surface area contributed by atoms with E-state index in [0.29, 0.717) is 27.2 Å². The van der Waals surface area contributed by atoms with Crippen molar-refractivity contribution in [2.45, 2.75) is 5.16 Å². The van der Waals surface area contributed by atoms with Gasteiger partial charge in [0.2, 0.25) is 11.1 Å². The SMILES string of the molecule is Cn1nnnc1SCC(=O)Nc1ccc(C(=O)Nc2nc(-c3ccccn3)cs2)cc1. The molecule has 4 aromatic rings. The topological polar surface area (TPSA) is 128 Å². The van der Waals surface area contributed by atoms with Gasteiger partial charge in [0.15, 0.2) is 5.13 Å². The number of thioether (sulfide) groups is 1.